The number of hydrogen-bond acceptors (Lipinski definition) is 5. The lowest BCUT2D eigenvalue weighted by molar-refractivity contribution is 0.102. The second-order valence-electron chi connectivity index (χ2n) is 6.05. The highest BCUT2D eigenvalue weighted by Crippen LogP contribution is 2.36. The van der Waals surface area contributed by atoms with E-state index in [1.54, 1.807) is 13.8 Å². The molecule has 0 aliphatic carbocycles. The summed E-state index contributed by atoms with van der Waals surface area (Å²) in [6.07, 6.45) is 0. The predicted octanol–water partition coefficient (Wildman–Crippen LogP) is 4.68. The lowest BCUT2D eigenvalue weighted by atomic mass is 10.1. The molecule has 0 radical (unpaired) electrons. The van der Waals surface area contributed by atoms with Gasteiger partial charge in [0.1, 0.15) is 33.8 Å². The number of nitrogens with zero attached hydrogens (tertiary/aromatic N) is 3. The number of amides is 1. The van der Waals surface area contributed by atoms with Gasteiger partial charge in [-0.05, 0) is 45.4 Å². The van der Waals surface area contributed by atoms with E-state index < -0.39 is 23.2 Å². The van der Waals surface area contributed by atoms with Crippen molar-refractivity contribution in [2.24, 2.45) is 0 Å². The van der Waals surface area contributed by atoms with Crippen LogP contribution in [0.5, 0.6) is 0 Å². The topological polar surface area (TPSA) is 58.1 Å². The maximum atomic E-state index is 13.9. The fourth-order valence-corrected chi connectivity index (χ4v) is 4.09. The Hall–Kier alpha value is -2.61. The molecule has 0 spiro atoms. The van der Waals surface area contributed by atoms with E-state index in [2.05, 4.69) is 20.2 Å². The fourth-order valence-electron chi connectivity index (χ4n) is 2.98. The van der Waals surface area contributed by atoms with Crippen LogP contribution in [0.1, 0.15) is 34.9 Å². The Balaban J connectivity index is 2.09. The van der Waals surface area contributed by atoms with E-state index in [4.69, 9.17) is 0 Å². The molecule has 2 aromatic heterocycles. The summed E-state index contributed by atoms with van der Waals surface area (Å²) in [6, 6.07) is 3.45. The Morgan fingerprint density at radius 2 is 1.78 bits per heavy atom. The summed E-state index contributed by atoms with van der Waals surface area (Å²) in [5.41, 5.74) is 0.247. The van der Waals surface area contributed by atoms with Gasteiger partial charge in [-0.15, -0.1) is 11.3 Å². The maximum Gasteiger partial charge on any atom is 0.266 e. The van der Waals surface area contributed by atoms with Gasteiger partial charge in [0.05, 0.1) is 10.3 Å². The first-order valence-corrected chi connectivity index (χ1v) is 9.47. The fraction of sp³-hybridized carbons (Fsp3) is 0.316. The van der Waals surface area contributed by atoms with Gasteiger partial charge < -0.3 is 10.2 Å². The van der Waals surface area contributed by atoms with Crippen molar-refractivity contribution < 1.29 is 13.6 Å². The monoisotopic (exact) mass is 390 g/mol. The number of benzene rings is 1. The van der Waals surface area contributed by atoms with Crippen LogP contribution in [0.15, 0.2) is 18.2 Å². The minimum atomic E-state index is -0.818. The Morgan fingerprint density at radius 3 is 2.37 bits per heavy atom. The molecule has 0 unspecified atom stereocenters. The lowest BCUT2D eigenvalue weighted by Gasteiger charge is -2.21. The van der Waals surface area contributed by atoms with Crippen molar-refractivity contribution in [2.45, 2.75) is 27.7 Å². The summed E-state index contributed by atoms with van der Waals surface area (Å²) >= 11 is 1.19. The molecular weight excluding hydrogens is 370 g/mol. The first kappa shape index (κ1) is 19.2. The number of thiophene rings is 1. The SMILES string of the molecule is CCN(CC)c1nc(C)nc2sc(C(=O)Nc3c(F)cccc3F)c(C)c12. The molecule has 1 N–H and O–H groups in total. The molecule has 8 heteroatoms. The van der Waals surface area contributed by atoms with Crippen molar-refractivity contribution in [1.29, 1.82) is 0 Å². The highest BCUT2D eigenvalue weighted by Gasteiger charge is 2.23. The van der Waals surface area contributed by atoms with E-state index in [0.29, 0.717) is 21.1 Å². The molecule has 142 valence electrons. The molecule has 0 atom stereocenters. The van der Waals surface area contributed by atoms with E-state index in [0.717, 1.165) is 36.4 Å². The van der Waals surface area contributed by atoms with Crippen LogP contribution in [0.3, 0.4) is 0 Å². The number of rotatable bonds is 5. The van der Waals surface area contributed by atoms with Crippen molar-refractivity contribution in [3.05, 3.63) is 46.1 Å². The summed E-state index contributed by atoms with van der Waals surface area (Å²) in [7, 11) is 0. The molecule has 3 aromatic rings. The van der Waals surface area contributed by atoms with Gasteiger partial charge >= 0.3 is 0 Å². The van der Waals surface area contributed by atoms with E-state index in [-0.39, 0.29) is 0 Å². The summed E-state index contributed by atoms with van der Waals surface area (Å²) in [5.74, 6) is -0.823. The van der Waals surface area contributed by atoms with Gasteiger partial charge in [0.15, 0.2) is 0 Å². The summed E-state index contributed by atoms with van der Waals surface area (Å²) in [4.78, 5) is 24.9. The molecule has 0 saturated carbocycles. The van der Waals surface area contributed by atoms with Gasteiger partial charge in [0.2, 0.25) is 0 Å². The third-order valence-corrected chi connectivity index (χ3v) is 5.54. The number of carbonyl (C=O) groups is 1. The second kappa shape index (κ2) is 7.56. The molecule has 0 aliphatic heterocycles. The van der Waals surface area contributed by atoms with Gasteiger partial charge in [-0.3, -0.25) is 4.79 Å². The van der Waals surface area contributed by atoms with Gasteiger partial charge in [0, 0.05) is 13.1 Å². The van der Waals surface area contributed by atoms with Crippen LogP contribution in [0, 0.1) is 25.5 Å². The zero-order chi connectivity index (χ0) is 19.7. The number of para-hydroxylation sites is 1. The summed E-state index contributed by atoms with van der Waals surface area (Å²) < 4.78 is 27.7. The number of fused-ring (bicyclic) bond motifs is 1. The van der Waals surface area contributed by atoms with Crippen molar-refractivity contribution in [3.8, 4) is 0 Å². The molecule has 2 heterocycles. The number of aryl methyl sites for hydroxylation is 2. The van der Waals surface area contributed by atoms with Crippen LogP contribution >= 0.6 is 11.3 Å². The third-order valence-electron chi connectivity index (χ3n) is 4.35. The minimum Gasteiger partial charge on any atom is -0.357 e. The van der Waals surface area contributed by atoms with Crippen LogP contribution in [0.2, 0.25) is 0 Å². The number of hydrogen-bond donors (Lipinski definition) is 1. The summed E-state index contributed by atoms with van der Waals surface area (Å²) in [6.45, 7) is 9.19. The quantitative estimate of drug-likeness (QED) is 0.687. The molecule has 3 rings (SSSR count). The first-order valence-electron chi connectivity index (χ1n) is 8.65. The average Bonchev–Trinajstić information content (AvgIpc) is 2.95. The molecule has 0 aliphatic rings. The molecular formula is C19H20F2N4OS. The van der Waals surface area contributed by atoms with E-state index in [1.165, 1.54) is 17.4 Å². The minimum absolute atomic E-state index is 0.362. The number of nitrogens with one attached hydrogen (secondary N) is 1. The van der Waals surface area contributed by atoms with Gasteiger partial charge in [-0.2, -0.15) is 0 Å². The molecule has 0 bridgehead atoms. The number of aromatic nitrogens is 2. The largest absolute Gasteiger partial charge is 0.357 e. The zero-order valence-corrected chi connectivity index (χ0v) is 16.4. The number of halogens is 2. The Morgan fingerprint density at radius 1 is 1.15 bits per heavy atom. The highest BCUT2D eigenvalue weighted by atomic mass is 32.1. The Labute approximate surface area is 160 Å². The smallest absolute Gasteiger partial charge is 0.266 e. The standard InChI is InChI=1S/C19H20F2N4OS/c1-5-25(6-2)17-14-10(3)16(27-19(14)23-11(4)22-17)18(26)24-15-12(20)8-7-9-13(15)21/h7-9H,5-6H2,1-4H3,(H,24,26). The van der Waals surface area contributed by atoms with Crippen LogP contribution in [0.4, 0.5) is 20.3 Å². The second-order valence-corrected chi connectivity index (χ2v) is 7.05. The van der Waals surface area contributed by atoms with Crippen molar-refractivity contribution in [3.63, 3.8) is 0 Å². The molecule has 1 aromatic carbocycles. The Bertz CT molecular complexity index is 994. The maximum absolute atomic E-state index is 13.9. The lowest BCUT2D eigenvalue weighted by Crippen LogP contribution is -2.23. The Kier molecular flexibility index (Phi) is 5.36. The van der Waals surface area contributed by atoms with E-state index in [9.17, 15) is 13.6 Å². The highest BCUT2D eigenvalue weighted by molar-refractivity contribution is 7.20. The van der Waals surface area contributed by atoms with Crippen LogP contribution in [0.25, 0.3) is 10.2 Å². The predicted molar refractivity (Wildman–Crippen MR) is 105 cm³/mol. The van der Waals surface area contributed by atoms with Crippen LogP contribution in [-0.4, -0.2) is 29.0 Å². The van der Waals surface area contributed by atoms with Gasteiger partial charge in [0.25, 0.3) is 5.91 Å². The average molecular weight is 390 g/mol. The number of anilines is 2. The molecule has 0 saturated heterocycles. The molecule has 5 nitrogen and oxygen atoms in total. The zero-order valence-electron chi connectivity index (χ0n) is 15.6. The normalized spacial score (nSPS) is 11.0. The molecule has 0 fully saturated rings. The third kappa shape index (κ3) is 3.49. The van der Waals surface area contributed by atoms with E-state index >= 15 is 0 Å². The number of carbonyl (C=O) groups excluding carboxylic acids is 1. The first-order chi connectivity index (χ1) is 12.9. The molecule has 1 amide bonds. The van der Waals surface area contributed by atoms with Crippen molar-refractivity contribution in [1.82, 2.24) is 9.97 Å². The van der Waals surface area contributed by atoms with Crippen LogP contribution in [-0.2, 0) is 0 Å². The summed E-state index contributed by atoms with van der Waals surface area (Å²) in [5, 5.41) is 3.15. The van der Waals surface area contributed by atoms with Crippen molar-refractivity contribution >= 4 is 39.0 Å². The van der Waals surface area contributed by atoms with Crippen LogP contribution < -0.4 is 10.2 Å². The van der Waals surface area contributed by atoms with Crippen molar-refractivity contribution in [2.75, 3.05) is 23.3 Å². The van der Waals surface area contributed by atoms with Gasteiger partial charge in [-0.1, -0.05) is 6.07 Å². The molecule has 27 heavy (non-hydrogen) atoms. The van der Waals surface area contributed by atoms with E-state index in [1.807, 2.05) is 13.8 Å². The van der Waals surface area contributed by atoms with Gasteiger partial charge in [-0.25, -0.2) is 18.7 Å².